The first-order valence-corrected chi connectivity index (χ1v) is 3.81. The Labute approximate surface area is 58.2 Å². The highest BCUT2D eigenvalue weighted by Gasteiger charge is 1.99. The second-order valence-electron chi connectivity index (χ2n) is 2.41. The smallest absolute Gasteiger partial charge is 0.0492 e. The summed E-state index contributed by atoms with van der Waals surface area (Å²) in [6.45, 7) is 7.92. The Kier molecular flexibility index (Phi) is 5.59. The molecular weight excluding hydrogens is 110 g/mol. The normalized spacial score (nSPS) is 10.1. The van der Waals surface area contributed by atoms with Gasteiger partial charge >= 0.3 is 0 Å². The number of aliphatic imine (C=N–C) groups is 1. The van der Waals surface area contributed by atoms with Gasteiger partial charge in [0.25, 0.3) is 0 Å². The first kappa shape index (κ1) is 8.67. The lowest BCUT2D eigenvalue weighted by atomic mass is 10.1. The van der Waals surface area contributed by atoms with E-state index in [9.17, 15) is 0 Å². The second kappa shape index (κ2) is 5.80. The first-order valence-electron chi connectivity index (χ1n) is 3.81. The van der Waals surface area contributed by atoms with Crippen LogP contribution in [0.3, 0.4) is 0 Å². The summed E-state index contributed by atoms with van der Waals surface area (Å²) < 4.78 is 0. The van der Waals surface area contributed by atoms with Gasteiger partial charge in [0.1, 0.15) is 0 Å². The molecule has 0 aliphatic heterocycles. The lowest BCUT2D eigenvalue weighted by molar-refractivity contribution is 0.559. The molecule has 0 heterocycles. The number of nitrogens with zero attached hydrogens (tertiary/aromatic N) is 1. The van der Waals surface area contributed by atoms with Crippen molar-refractivity contribution in [2.45, 2.75) is 45.6 Å². The van der Waals surface area contributed by atoms with Crippen molar-refractivity contribution in [2.24, 2.45) is 4.99 Å². The molecule has 0 aromatic carbocycles. The molecule has 0 spiro atoms. The number of hydrogen-bond acceptors (Lipinski definition) is 1. The molecule has 0 aliphatic rings. The fraction of sp³-hybridized carbons (Fsp3) is 0.875. The van der Waals surface area contributed by atoms with Crippen molar-refractivity contribution < 1.29 is 0 Å². The number of rotatable bonds is 5. The molecular formula is C8H17N. The third-order valence-corrected chi connectivity index (χ3v) is 1.50. The van der Waals surface area contributed by atoms with Gasteiger partial charge in [-0.25, -0.2) is 0 Å². The van der Waals surface area contributed by atoms with E-state index in [0.717, 1.165) is 0 Å². The van der Waals surface area contributed by atoms with Crippen LogP contribution in [0.2, 0.25) is 0 Å². The third-order valence-electron chi connectivity index (χ3n) is 1.50. The monoisotopic (exact) mass is 127 g/mol. The van der Waals surface area contributed by atoms with Crippen molar-refractivity contribution in [1.82, 2.24) is 0 Å². The minimum absolute atomic E-state index is 0.528. The van der Waals surface area contributed by atoms with Gasteiger partial charge in [0.15, 0.2) is 0 Å². The molecule has 0 N–H and O–H groups in total. The summed E-state index contributed by atoms with van der Waals surface area (Å²) in [6.07, 6.45) is 4.86. The van der Waals surface area contributed by atoms with E-state index in [2.05, 4.69) is 25.6 Å². The SMILES string of the molecule is C=NC(CCC)CCC. The van der Waals surface area contributed by atoms with Crippen molar-refractivity contribution in [2.75, 3.05) is 0 Å². The third kappa shape index (κ3) is 4.19. The van der Waals surface area contributed by atoms with Gasteiger partial charge in [0.05, 0.1) is 0 Å². The summed E-state index contributed by atoms with van der Waals surface area (Å²) in [5, 5.41) is 0. The Morgan fingerprint density at radius 1 is 1.22 bits per heavy atom. The van der Waals surface area contributed by atoms with Gasteiger partial charge in [-0.3, -0.25) is 4.99 Å². The summed E-state index contributed by atoms with van der Waals surface area (Å²) in [6, 6.07) is 0.528. The van der Waals surface area contributed by atoms with Gasteiger partial charge in [0.2, 0.25) is 0 Å². The zero-order valence-electron chi connectivity index (χ0n) is 6.56. The van der Waals surface area contributed by atoms with Crippen LogP contribution in [0.25, 0.3) is 0 Å². The molecule has 0 radical (unpaired) electrons. The minimum Gasteiger partial charge on any atom is -0.298 e. The molecule has 0 aliphatic carbocycles. The average Bonchev–Trinajstić information content (AvgIpc) is 1.88. The second-order valence-corrected chi connectivity index (χ2v) is 2.41. The van der Waals surface area contributed by atoms with Crippen molar-refractivity contribution in [3.63, 3.8) is 0 Å². The van der Waals surface area contributed by atoms with E-state index in [1.165, 1.54) is 25.7 Å². The zero-order chi connectivity index (χ0) is 7.11. The van der Waals surface area contributed by atoms with Gasteiger partial charge in [-0.1, -0.05) is 26.7 Å². The zero-order valence-corrected chi connectivity index (χ0v) is 6.56. The van der Waals surface area contributed by atoms with Crippen LogP contribution in [-0.2, 0) is 0 Å². The molecule has 1 heteroatoms. The molecule has 0 saturated heterocycles. The summed E-state index contributed by atoms with van der Waals surface area (Å²) in [5.74, 6) is 0. The summed E-state index contributed by atoms with van der Waals surface area (Å²) in [4.78, 5) is 4.02. The van der Waals surface area contributed by atoms with E-state index in [-0.39, 0.29) is 0 Å². The lowest BCUT2D eigenvalue weighted by Gasteiger charge is -2.06. The van der Waals surface area contributed by atoms with E-state index >= 15 is 0 Å². The van der Waals surface area contributed by atoms with Crippen molar-refractivity contribution >= 4 is 6.72 Å². The van der Waals surface area contributed by atoms with Gasteiger partial charge in [-0.15, -0.1) is 0 Å². The predicted molar refractivity (Wildman–Crippen MR) is 43.2 cm³/mol. The summed E-state index contributed by atoms with van der Waals surface area (Å²) in [7, 11) is 0. The van der Waals surface area contributed by atoms with Gasteiger partial charge < -0.3 is 0 Å². The Balaban J connectivity index is 3.29. The van der Waals surface area contributed by atoms with E-state index in [0.29, 0.717) is 6.04 Å². The van der Waals surface area contributed by atoms with Crippen molar-refractivity contribution in [3.05, 3.63) is 0 Å². The highest BCUT2D eigenvalue weighted by atomic mass is 14.7. The molecule has 9 heavy (non-hydrogen) atoms. The highest BCUT2D eigenvalue weighted by molar-refractivity contribution is 5.24. The predicted octanol–water partition coefficient (Wildman–Crippen LogP) is 2.66. The lowest BCUT2D eigenvalue weighted by Crippen LogP contribution is -2.01. The first-order chi connectivity index (χ1) is 4.35. The van der Waals surface area contributed by atoms with E-state index in [1.807, 2.05) is 0 Å². The van der Waals surface area contributed by atoms with Crippen LogP contribution in [-0.4, -0.2) is 12.8 Å². The van der Waals surface area contributed by atoms with Crippen LogP contribution in [0, 0.1) is 0 Å². The quantitative estimate of drug-likeness (QED) is 0.503. The highest BCUT2D eigenvalue weighted by Crippen LogP contribution is 2.07. The maximum Gasteiger partial charge on any atom is 0.0492 e. The van der Waals surface area contributed by atoms with Gasteiger partial charge in [0, 0.05) is 6.04 Å². The molecule has 0 fully saturated rings. The van der Waals surface area contributed by atoms with Crippen LogP contribution >= 0.6 is 0 Å². The Bertz CT molecular complexity index is 63.0. The van der Waals surface area contributed by atoms with Crippen molar-refractivity contribution in [3.8, 4) is 0 Å². The maximum absolute atomic E-state index is 4.02. The molecule has 1 nitrogen and oxygen atoms in total. The molecule has 0 aromatic heterocycles. The van der Waals surface area contributed by atoms with Crippen molar-refractivity contribution in [1.29, 1.82) is 0 Å². The fourth-order valence-electron chi connectivity index (χ4n) is 0.993. The van der Waals surface area contributed by atoms with E-state index in [4.69, 9.17) is 0 Å². The molecule has 0 aromatic rings. The van der Waals surface area contributed by atoms with Crippen LogP contribution in [0.5, 0.6) is 0 Å². The topological polar surface area (TPSA) is 12.4 Å². The minimum atomic E-state index is 0.528. The summed E-state index contributed by atoms with van der Waals surface area (Å²) in [5.41, 5.74) is 0. The standard InChI is InChI=1S/C8H17N/c1-4-6-8(9-3)7-5-2/h8H,3-7H2,1-2H3. The molecule has 54 valence electrons. The van der Waals surface area contributed by atoms with Crippen LogP contribution < -0.4 is 0 Å². The Morgan fingerprint density at radius 3 is 1.89 bits per heavy atom. The molecule has 0 saturated carbocycles. The average molecular weight is 127 g/mol. The fourth-order valence-corrected chi connectivity index (χ4v) is 0.993. The Hall–Kier alpha value is -0.330. The maximum atomic E-state index is 4.02. The summed E-state index contributed by atoms with van der Waals surface area (Å²) >= 11 is 0. The van der Waals surface area contributed by atoms with E-state index < -0.39 is 0 Å². The molecule has 0 rings (SSSR count). The van der Waals surface area contributed by atoms with Crippen LogP contribution in [0.1, 0.15) is 39.5 Å². The molecule has 0 unspecified atom stereocenters. The van der Waals surface area contributed by atoms with Crippen LogP contribution in [0.4, 0.5) is 0 Å². The van der Waals surface area contributed by atoms with E-state index in [1.54, 1.807) is 0 Å². The largest absolute Gasteiger partial charge is 0.298 e. The molecule has 0 amide bonds. The van der Waals surface area contributed by atoms with Gasteiger partial charge in [-0.05, 0) is 19.6 Å². The molecule has 0 bridgehead atoms. The van der Waals surface area contributed by atoms with Gasteiger partial charge in [-0.2, -0.15) is 0 Å². The Morgan fingerprint density at radius 2 is 1.67 bits per heavy atom. The number of hydrogen-bond donors (Lipinski definition) is 0. The van der Waals surface area contributed by atoms with Crippen LogP contribution in [0.15, 0.2) is 4.99 Å². The molecule has 0 atom stereocenters.